The van der Waals surface area contributed by atoms with Gasteiger partial charge < -0.3 is 0 Å². The van der Waals surface area contributed by atoms with Crippen molar-refractivity contribution in [1.29, 1.82) is 5.26 Å². The van der Waals surface area contributed by atoms with E-state index in [0.29, 0.717) is 0 Å². The Hall–Kier alpha value is -1.71. The van der Waals surface area contributed by atoms with Gasteiger partial charge in [-0.1, -0.05) is 25.4 Å². The van der Waals surface area contributed by atoms with E-state index in [4.69, 9.17) is 16.9 Å². The maximum Gasteiger partial charge on any atom is 0.188 e. The van der Waals surface area contributed by atoms with Crippen LogP contribution in [0.15, 0.2) is 23.1 Å². The molecule has 0 aromatic heterocycles. The van der Waals surface area contributed by atoms with Gasteiger partial charge in [-0.2, -0.15) is 5.26 Å². The van der Waals surface area contributed by atoms with E-state index >= 15 is 0 Å². The zero-order valence-corrected chi connectivity index (χ0v) is 13.3. The number of carbonyl (C=O) groups is 2. The van der Waals surface area contributed by atoms with Crippen LogP contribution in [0.4, 0.5) is 0 Å². The maximum atomic E-state index is 12.3. The molecule has 21 heavy (non-hydrogen) atoms. The molecule has 0 aliphatic rings. The summed E-state index contributed by atoms with van der Waals surface area (Å²) in [4.78, 5) is 24.0. The molecule has 1 rings (SSSR count). The van der Waals surface area contributed by atoms with E-state index in [-0.39, 0.29) is 15.5 Å². The van der Waals surface area contributed by atoms with Gasteiger partial charge in [0.05, 0.1) is 11.0 Å². The molecule has 0 radical (unpaired) electrons. The van der Waals surface area contributed by atoms with Crippen molar-refractivity contribution in [3.05, 3.63) is 28.8 Å². The van der Waals surface area contributed by atoms with Crippen molar-refractivity contribution < 1.29 is 18.0 Å². The summed E-state index contributed by atoms with van der Waals surface area (Å²) < 4.78 is 23.5. The van der Waals surface area contributed by atoms with Crippen LogP contribution in [0.1, 0.15) is 24.2 Å². The smallest absolute Gasteiger partial charge is 0.188 e. The van der Waals surface area contributed by atoms with Gasteiger partial charge in [-0.15, -0.1) is 0 Å². The summed E-state index contributed by atoms with van der Waals surface area (Å²) in [5.74, 6) is -3.40. The Morgan fingerprint density at radius 2 is 1.86 bits per heavy atom. The topological polar surface area (TPSA) is 92.1 Å². The average Bonchev–Trinajstić information content (AvgIpc) is 2.37. The lowest BCUT2D eigenvalue weighted by atomic mass is 9.89. The SMILES string of the molecule is CC(C)C(=O)C(C#N)C(=O)c1ccc(Cl)cc1S(C)(=O)=O. The lowest BCUT2D eigenvalue weighted by Gasteiger charge is -2.12. The summed E-state index contributed by atoms with van der Waals surface area (Å²) in [5.41, 5.74) is -0.192. The minimum absolute atomic E-state index is 0.149. The molecule has 112 valence electrons. The summed E-state index contributed by atoms with van der Waals surface area (Å²) in [6, 6.07) is 5.35. The molecule has 0 bridgehead atoms. The van der Waals surface area contributed by atoms with Gasteiger partial charge in [0, 0.05) is 22.8 Å². The van der Waals surface area contributed by atoms with E-state index in [1.54, 1.807) is 19.9 Å². The van der Waals surface area contributed by atoms with Crippen LogP contribution in [0.5, 0.6) is 0 Å². The third kappa shape index (κ3) is 3.90. The van der Waals surface area contributed by atoms with E-state index in [2.05, 4.69) is 0 Å². The van der Waals surface area contributed by atoms with E-state index in [9.17, 15) is 18.0 Å². The first-order valence-electron chi connectivity index (χ1n) is 6.06. The molecule has 0 N–H and O–H groups in total. The lowest BCUT2D eigenvalue weighted by molar-refractivity contribution is -0.123. The third-order valence-electron chi connectivity index (χ3n) is 2.85. The molecule has 0 saturated heterocycles. The molecular formula is C14H14ClNO4S. The van der Waals surface area contributed by atoms with Crippen LogP contribution in [-0.4, -0.2) is 26.2 Å². The molecule has 0 heterocycles. The number of hydrogen-bond donors (Lipinski definition) is 0. The fourth-order valence-electron chi connectivity index (χ4n) is 1.75. The van der Waals surface area contributed by atoms with Crippen LogP contribution in [0.2, 0.25) is 5.02 Å². The summed E-state index contributed by atoms with van der Waals surface area (Å²) in [6.07, 6.45) is 0.932. The molecule has 0 amide bonds. The highest BCUT2D eigenvalue weighted by molar-refractivity contribution is 7.90. The molecule has 1 unspecified atom stereocenters. The van der Waals surface area contributed by atoms with Gasteiger partial charge in [-0.25, -0.2) is 8.42 Å². The summed E-state index contributed by atoms with van der Waals surface area (Å²) in [7, 11) is -3.71. The van der Waals surface area contributed by atoms with Crippen LogP contribution in [0.25, 0.3) is 0 Å². The Morgan fingerprint density at radius 1 is 1.29 bits per heavy atom. The first-order chi connectivity index (χ1) is 9.59. The molecule has 7 heteroatoms. The molecule has 5 nitrogen and oxygen atoms in total. The number of halogens is 1. The second-order valence-corrected chi connectivity index (χ2v) is 7.32. The van der Waals surface area contributed by atoms with Gasteiger partial charge in [0.15, 0.2) is 27.3 Å². The van der Waals surface area contributed by atoms with Gasteiger partial charge in [-0.05, 0) is 18.2 Å². The highest BCUT2D eigenvalue weighted by atomic mass is 35.5. The summed E-state index contributed by atoms with van der Waals surface area (Å²) in [6.45, 7) is 3.14. The fourth-order valence-corrected chi connectivity index (χ4v) is 2.89. The van der Waals surface area contributed by atoms with E-state index in [1.807, 2.05) is 0 Å². The van der Waals surface area contributed by atoms with Crippen LogP contribution in [-0.2, 0) is 14.6 Å². The predicted molar refractivity (Wildman–Crippen MR) is 77.8 cm³/mol. The predicted octanol–water partition coefficient (Wildman–Crippen LogP) is 2.29. The van der Waals surface area contributed by atoms with Crippen LogP contribution in [0.3, 0.4) is 0 Å². The first kappa shape index (κ1) is 17.3. The second kappa shape index (κ2) is 6.37. The van der Waals surface area contributed by atoms with E-state index < -0.39 is 33.2 Å². The number of carbonyl (C=O) groups excluding carboxylic acids is 2. The monoisotopic (exact) mass is 327 g/mol. The van der Waals surface area contributed by atoms with Gasteiger partial charge in [0.25, 0.3) is 0 Å². The number of sulfone groups is 1. The molecule has 1 aromatic carbocycles. The van der Waals surface area contributed by atoms with Crippen molar-refractivity contribution in [1.82, 2.24) is 0 Å². The normalized spacial score (nSPS) is 12.8. The second-order valence-electron chi connectivity index (χ2n) is 4.90. The lowest BCUT2D eigenvalue weighted by Crippen LogP contribution is -2.27. The van der Waals surface area contributed by atoms with Gasteiger partial charge in [-0.3, -0.25) is 9.59 Å². The Kier molecular flexibility index (Phi) is 5.26. The highest BCUT2D eigenvalue weighted by Gasteiger charge is 2.32. The Bertz CT molecular complexity index is 732. The number of rotatable bonds is 5. The van der Waals surface area contributed by atoms with Crippen molar-refractivity contribution in [3.63, 3.8) is 0 Å². The third-order valence-corrected chi connectivity index (χ3v) is 4.23. The Balaban J connectivity index is 3.44. The number of Topliss-reactive ketones (excluding diaryl/α,β-unsaturated/α-hetero) is 2. The zero-order valence-electron chi connectivity index (χ0n) is 11.8. The number of benzene rings is 1. The highest BCUT2D eigenvalue weighted by Crippen LogP contribution is 2.24. The molecule has 0 aliphatic carbocycles. The van der Waals surface area contributed by atoms with Crippen LogP contribution in [0, 0.1) is 23.2 Å². The minimum Gasteiger partial charge on any atom is -0.297 e. The van der Waals surface area contributed by atoms with E-state index in [1.165, 1.54) is 12.1 Å². The molecule has 0 saturated carbocycles. The molecule has 0 aliphatic heterocycles. The van der Waals surface area contributed by atoms with Crippen molar-refractivity contribution in [2.45, 2.75) is 18.7 Å². The first-order valence-corrected chi connectivity index (χ1v) is 8.33. The number of nitriles is 1. The van der Waals surface area contributed by atoms with Gasteiger partial charge >= 0.3 is 0 Å². The largest absolute Gasteiger partial charge is 0.297 e. The standard InChI is InChI=1S/C14H14ClNO4S/c1-8(2)13(17)11(7-16)14(18)10-5-4-9(15)6-12(10)21(3,19)20/h4-6,8,11H,1-3H3. The van der Waals surface area contributed by atoms with Gasteiger partial charge in [0.2, 0.25) is 0 Å². The van der Waals surface area contributed by atoms with E-state index in [0.717, 1.165) is 12.3 Å². The summed E-state index contributed by atoms with van der Waals surface area (Å²) >= 11 is 5.75. The zero-order chi connectivity index (χ0) is 16.4. The molecular weight excluding hydrogens is 314 g/mol. The molecule has 1 aromatic rings. The maximum absolute atomic E-state index is 12.3. The number of hydrogen-bond acceptors (Lipinski definition) is 5. The van der Waals surface area contributed by atoms with Crippen molar-refractivity contribution in [3.8, 4) is 6.07 Å². The molecule has 0 spiro atoms. The van der Waals surface area contributed by atoms with Crippen molar-refractivity contribution >= 4 is 33.0 Å². The Morgan fingerprint density at radius 3 is 2.29 bits per heavy atom. The fraction of sp³-hybridized carbons (Fsp3) is 0.357. The van der Waals surface area contributed by atoms with Crippen molar-refractivity contribution in [2.24, 2.45) is 11.8 Å². The summed E-state index contributed by atoms with van der Waals surface area (Å²) in [5, 5.41) is 9.21. The average molecular weight is 328 g/mol. The quantitative estimate of drug-likeness (QED) is 0.611. The van der Waals surface area contributed by atoms with Crippen molar-refractivity contribution in [2.75, 3.05) is 6.26 Å². The van der Waals surface area contributed by atoms with Crippen LogP contribution < -0.4 is 0 Å². The minimum atomic E-state index is -3.71. The van der Waals surface area contributed by atoms with Crippen LogP contribution >= 0.6 is 11.6 Å². The molecule has 1 atom stereocenters. The number of ketones is 2. The number of nitrogens with zero attached hydrogens (tertiary/aromatic N) is 1. The van der Waals surface area contributed by atoms with Gasteiger partial charge in [0.1, 0.15) is 0 Å². The molecule has 0 fully saturated rings. The Labute approximate surface area is 128 Å².